The number of thiocarbonyl (C=S) groups is 1. The molecule has 1 aromatic heterocycles. The molecule has 2 heterocycles. The molecule has 0 radical (unpaired) electrons. The van der Waals surface area contributed by atoms with Crippen molar-refractivity contribution in [3.8, 4) is 0 Å². The predicted octanol–water partition coefficient (Wildman–Crippen LogP) is 2.93. The number of carbonyl (C=O) groups is 2. The summed E-state index contributed by atoms with van der Waals surface area (Å²) < 4.78 is 5.59. The average molecular weight is 418 g/mol. The van der Waals surface area contributed by atoms with E-state index in [1.807, 2.05) is 32.0 Å². The summed E-state index contributed by atoms with van der Waals surface area (Å²) in [5, 5.41) is 9.62. The summed E-state index contributed by atoms with van der Waals surface area (Å²) in [7, 11) is 0. The first-order valence-electron chi connectivity index (χ1n) is 8.64. The third kappa shape index (κ3) is 3.95. The Morgan fingerprint density at radius 2 is 2.00 bits per heavy atom. The minimum atomic E-state index is -1.16. The van der Waals surface area contributed by atoms with Gasteiger partial charge in [-0.15, -0.1) is 0 Å². The summed E-state index contributed by atoms with van der Waals surface area (Å²) in [6, 6.07) is 7.28. The highest BCUT2D eigenvalue weighted by atomic mass is 32.2. The molecule has 3 rings (SSSR count). The smallest absolute Gasteiger partial charge is 0.343 e. The summed E-state index contributed by atoms with van der Waals surface area (Å²) in [4.78, 5) is 39.0. The van der Waals surface area contributed by atoms with Crippen LogP contribution in [0.1, 0.15) is 19.4 Å². The van der Waals surface area contributed by atoms with Gasteiger partial charge < -0.3 is 14.4 Å². The van der Waals surface area contributed by atoms with Gasteiger partial charge in [-0.2, -0.15) is 0 Å². The van der Waals surface area contributed by atoms with E-state index in [2.05, 4.69) is 4.90 Å². The minimum absolute atomic E-state index is 0.146. The van der Waals surface area contributed by atoms with Crippen molar-refractivity contribution in [3.05, 3.63) is 45.2 Å². The van der Waals surface area contributed by atoms with Crippen LogP contribution in [0.2, 0.25) is 0 Å². The lowest BCUT2D eigenvalue weighted by atomic mass is 10.1. The first-order valence-corrected chi connectivity index (χ1v) is 9.86. The number of benzene rings is 1. The van der Waals surface area contributed by atoms with E-state index >= 15 is 0 Å². The van der Waals surface area contributed by atoms with Gasteiger partial charge in [-0.1, -0.05) is 24.0 Å². The van der Waals surface area contributed by atoms with E-state index in [9.17, 15) is 14.4 Å². The standard InChI is InChI=1S/C19H18N2O5S2/c1-3-20(4-2)13-6-5-11-7-12(18(25)26-14(11)9-13)8-15-17(24)21(10-16(22)23)19(27)28-15/h5-9H,3-4,10H2,1-2H3,(H,22,23)/b15-8+. The zero-order valence-corrected chi connectivity index (χ0v) is 16.9. The van der Waals surface area contributed by atoms with Gasteiger partial charge in [-0.05, 0) is 38.1 Å². The number of fused-ring (bicyclic) bond motifs is 1. The van der Waals surface area contributed by atoms with Crippen LogP contribution in [0.5, 0.6) is 0 Å². The lowest BCUT2D eigenvalue weighted by Gasteiger charge is -2.20. The van der Waals surface area contributed by atoms with Crippen molar-refractivity contribution in [2.75, 3.05) is 24.5 Å². The molecule has 0 spiro atoms. The molecule has 1 aromatic carbocycles. The van der Waals surface area contributed by atoms with Crippen LogP contribution in [-0.2, 0) is 9.59 Å². The van der Waals surface area contributed by atoms with E-state index in [1.165, 1.54) is 6.08 Å². The molecule has 1 fully saturated rings. The molecule has 2 aromatic rings. The number of carbonyl (C=O) groups excluding carboxylic acids is 1. The molecule has 1 N–H and O–H groups in total. The third-order valence-electron chi connectivity index (χ3n) is 4.33. The van der Waals surface area contributed by atoms with Gasteiger partial charge in [0.1, 0.15) is 16.4 Å². The molecule has 7 nitrogen and oxygen atoms in total. The maximum absolute atomic E-state index is 12.4. The summed E-state index contributed by atoms with van der Waals surface area (Å²) >= 11 is 6.02. The molecule has 0 bridgehead atoms. The van der Waals surface area contributed by atoms with E-state index in [0.717, 1.165) is 40.8 Å². The summed E-state index contributed by atoms with van der Waals surface area (Å²) in [5.74, 6) is -1.69. The van der Waals surface area contributed by atoms with Crippen LogP contribution < -0.4 is 10.5 Å². The summed E-state index contributed by atoms with van der Waals surface area (Å²) in [6.45, 7) is 5.26. The van der Waals surface area contributed by atoms with E-state index in [0.29, 0.717) is 5.58 Å². The van der Waals surface area contributed by atoms with Gasteiger partial charge in [0.2, 0.25) is 0 Å². The monoisotopic (exact) mass is 418 g/mol. The fraction of sp³-hybridized carbons (Fsp3) is 0.263. The SMILES string of the molecule is CCN(CC)c1ccc2cc(/C=C3/SC(=S)N(CC(=O)O)C3=O)c(=O)oc2c1. The zero-order valence-electron chi connectivity index (χ0n) is 15.3. The van der Waals surface area contributed by atoms with Gasteiger partial charge in [0.05, 0.1) is 10.5 Å². The Morgan fingerprint density at radius 3 is 2.64 bits per heavy atom. The maximum Gasteiger partial charge on any atom is 0.343 e. The Hall–Kier alpha value is -2.65. The summed E-state index contributed by atoms with van der Waals surface area (Å²) in [5.41, 5.74) is 1.06. The summed E-state index contributed by atoms with van der Waals surface area (Å²) in [6.07, 6.45) is 1.39. The molecule has 1 aliphatic heterocycles. The van der Waals surface area contributed by atoms with E-state index in [1.54, 1.807) is 6.07 Å². The fourth-order valence-electron chi connectivity index (χ4n) is 2.91. The van der Waals surface area contributed by atoms with Crippen molar-refractivity contribution in [2.45, 2.75) is 13.8 Å². The van der Waals surface area contributed by atoms with E-state index in [4.69, 9.17) is 21.7 Å². The normalized spacial score (nSPS) is 15.6. The predicted molar refractivity (Wildman–Crippen MR) is 114 cm³/mol. The molecule has 146 valence electrons. The van der Waals surface area contributed by atoms with E-state index in [-0.39, 0.29) is 14.8 Å². The molecular weight excluding hydrogens is 400 g/mol. The number of anilines is 1. The van der Waals surface area contributed by atoms with Crippen LogP contribution in [0.15, 0.2) is 38.4 Å². The Morgan fingerprint density at radius 1 is 1.29 bits per heavy atom. The van der Waals surface area contributed by atoms with Crippen molar-refractivity contribution >= 4 is 62.9 Å². The topological polar surface area (TPSA) is 91.1 Å². The molecule has 0 atom stereocenters. The highest BCUT2D eigenvalue weighted by Gasteiger charge is 2.33. The Balaban J connectivity index is 1.97. The highest BCUT2D eigenvalue weighted by Crippen LogP contribution is 2.32. The van der Waals surface area contributed by atoms with Gasteiger partial charge in [0, 0.05) is 30.2 Å². The van der Waals surface area contributed by atoms with Gasteiger partial charge in [-0.25, -0.2) is 4.79 Å². The molecule has 0 unspecified atom stereocenters. The number of amides is 1. The van der Waals surface area contributed by atoms with Crippen molar-refractivity contribution < 1.29 is 19.1 Å². The van der Waals surface area contributed by atoms with Gasteiger partial charge in [0.25, 0.3) is 5.91 Å². The molecule has 9 heteroatoms. The van der Waals surface area contributed by atoms with Gasteiger partial charge >= 0.3 is 11.6 Å². The number of hydrogen-bond donors (Lipinski definition) is 1. The number of carboxylic acid groups (broad SMARTS) is 1. The van der Waals surface area contributed by atoms with Crippen molar-refractivity contribution in [1.29, 1.82) is 0 Å². The molecule has 1 amide bonds. The lowest BCUT2D eigenvalue weighted by molar-refractivity contribution is -0.140. The van der Waals surface area contributed by atoms with Crippen molar-refractivity contribution in [1.82, 2.24) is 4.90 Å². The van der Waals surface area contributed by atoms with Crippen LogP contribution in [0, 0.1) is 0 Å². The molecule has 1 saturated heterocycles. The quantitative estimate of drug-likeness (QED) is 0.435. The molecule has 1 aliphatic rings. The number of aliphatic carboxylic acids is 1. The first kappa shape index (κ1) is 20.1. The van der Waals surface area contributed by atoms with Crippen LogP contribution >= 0.6 is 24.0 Å². The van der Waals surface area contributed by atoms with Crippen LogP contribution in [0.25, 0.3) is 17.0 Å². The Bertz CT molecular complexity index is 1060. The maximum atomic E-state index is 12.4. The first-order chi connectivity index (χ1) is 13.3. The number of carboxylic acids is 1. The molecule has 0 aliphatic carbocycles. The Kier molecular flexibility index (Phi) is 5.85. The second-order valence-electron chi connectivity index (χ2n) is 6.05. The number of rotatable bonds is 6. The van der Waals surface area contributed by atoms with Crippen LogP contribution in [-0.4, -0.2) is 45.8 Å². The van der Waals surface area contributed by atoms with Crippen molar-refractivity contribution in [3.63, 3.8) is 0 Å². The Labute approximate surface area is 170 Å². The van der Waals surface area contributed by atoms with Gasteiger partial charge in [0.15, 0.2) is 0 Å². The van der Waals surface area contributed by atoms with Crippen molar-refractivity contribution in [2.24, 2.45) is 0 Å². The molecular formula is C19H18N2O5S2. The number of thioether (sulfide) groups is 1. The second kappa shape index (κ2) is 8.15. The largest absolute Gasteiger partial charge is 0.480 e. The van der Waals surface area contributed by atoms with Crippen LogP contribution in [0.4, 0.5) is 5.69 Å². The van der Waals surface area contributed by atoms with E-state index < -0.39 is 24.0 Å². The molecule has 0 saturated carbocycles. The van der Waals surface area contributed by atoms with Crippen LogP contribution in [0.3, 0.4) is 0 Å². The zero-order chi connectivity index (χ0) is 20.4. The average Bonchev–Trinajstić information content (AvgIpc) is 2.90. The number of nitrogens with zero attached hydrogens (tertiary/aromatic N) is 2. The third-order valence-corrected chi connectivity index (χ3v) is 5.71. The fourth-order valence-corrected chi connectivity index (χ4v) is 4.16. The lowest BCUT2D eigenvalue weighted by Crippen LogP contribution is -2.33. The molecule has 28 heavy (non-hydrogen) atoms. The van der Waals surface area contributed by atoms with Gasteiger partial charge in [-0.3, -0.25) is 14.5 Å². The highest BCUT2D eigenvalue weighted by molar-refractivity contribution is 8.26. The number of hydrogen-bond acceptors (Lipinski definition) is 7. The minimum Gasteiger partial charge on any atom is -0.480 e. The second-order valence-corrected chi connectivity index (χ2v) is 7.72.